The Morgan fingerprint density at radius 3 is 2.75 bits per heavy atom. The summed E-state index contributed by atoms with van der Waals surface area (Å²) in [5.41, 5.74) is 2.23. The summed E-state index contributed by atoms with van der Waals surface area (Å²) >= 11 is 0. The smallest absolute Gasteiger partial charge is 0.132 e. The van der Waals surface area contributed by atoms with Gasteiger partial charge in [0, 0.05) is 17.3 Å². The third-order valence-electron chi connectivity index (χ3n) is 2.25. The molecule has 0 unspecified atom stereocenters. The van der Waals surface area contributed by atoms with Crippen molar-refractivity contribution in [2.75, 3.05) is 5.32 Å². The van der Waals surface area contributed by atoms with E-state index < -0.39 is 0 Å². The molecule has 0 aromatic carbocycles. The van der Waals surface area contributed by atoms with Gasteiger partial charge in [-0.25, -0.2) is 9.97 Å². The Hall–Kier alpha value is -1.12. The molecule has 0 aliphatic heterocycles. The fourth-order valence-corrected chi connectivity index (χ4v) is 1.10. The van der Waals surface area contributed by atoms with Crippen LogP contribution in [0.25, 0.3) is 0 Å². The van der Waals surface area contributed by atoms with Crippen LogP contribution in [0.4, 0.5) is 5.82 Å². The van der Waals surface area contributed by atoms with Gasteiger partial charge >= 0.3 is 0 Å². The van der Waals surface area contributed by atoms with Gasteiger partial charge in [-0.05, 0) is 26.7 Å². The number of nitrogens with zero attached hydrogens (tertiary/aromatic N) is 2. The van der Waals surface area contributed by atoms with Gasteiger partial charge in [-0.15, -0.1) is 0 Å². The first-order chi connectivity index (χ1) is 5.77. The van der Waals surface area contributed by atoms with Gasteiger partial charge in [0.25, 0.3) is 0 Å². The first-order valence-corrected chi connectivity index (χ1v) is 4.32. The van der Waals surface area contributed by atoms with E-state index in [1.165, 1.54) is 18.4 Å². The number of hydrogen-bond acceptors (Lipinski definition) is 3. The lowest BCUT2D eigenvalue weighted by Crippen LogP contribution is -2.06. The van der Waals surface area contributed by atoms with Gasteiger partial charge in [0.05, 0.1) is 0 Å². The maximum Gasteiger partial charge on any atom is 0.132 e. The average Bonchev–Trinajstić information content (AvgIpc) is 2.83. The van der Waals surface area contributed by atoms with E-state index in [2.05, 4.69) is 22.2 Å². The van der Waals surface area contributed by atoms with Crippen LogP contribution in [0.3, 0.4) is 0 Å². The summed E-state index contributed by atoms with van der Waals surface area (Å²) in [5, 5.41) is 3.37. The molecule has 3 nitrogen and oxygen atoms in total. The Balaban J connectivity index is 2.23. The molecule has 0 spiro atoms. The highest BCUT2D eigenvalue weighted by Gasteiger charge is 2.22. The molecular formula is C9H13N3. The van der Waals surface area contributed by atoms with Crippen LogP contribution < -0.4 is 5.32 Å². The van der Waals surface area contributed by atoms with Gasteiger partial charge in [0.1, 0.15) is 12.1 Å². The number of rotatable bonds is 2. The lowest BCUT2D eigenvalue weighted by atomic mass is 10.2. The van der Waals surface area contributed by atoms with Crippen LogP contribution in [0.15, 0.2) is 6.33 Å². The summed E-state index contributed by atoms with van der Waals surface area (Å²) in [5.74, 6) is 1.00. The first-order valence-electron chi connectivity index (χ1n) is 4.32. The fraction of sp³-hybridized carbons (Fsp3) is 0.556. The van der Waals surface area contributed by atoms with Crippen LogP contribution >= 0.6 is 0 Å². The molecule has 2 rings (SSSR count). The van der Waals surface area contributed by atoms with Crippen molar-refractivity contribution in [3.05, 3.63) is 17.6 Å². The van der Waals surface area contributed by atoms with Crippen molar-refractivity contribution in [2.45, 2.75) is 32.7 Å². The third-order valence-corrected chi connectivity index (χ3v) is 2.25. The first kappa shape index (κ1) is 7.53. The van der Waals surface area contributed by atoms with Gasteiger partial charge < -0.3 is 5.32 Å². The molecule has 3 heteroatoms. The van der Waals surface area contributed by atoms with E-state index in [1.54, 1.807) is 6.33 Å². The number of nitrogens with one attached hydrogen (secondary N) is 1. The lowest BCUT2D eigenvalue weighted by molar-refractivity contribution is 1.02. The Kier molecular flexibility index (Phi) is 1.71. The minimum absolute atomic E-state index is 0.665. The number of aromatic nitrogens is 2. The normalized spacial score (nSPS) is 16.2. The molecule has 1 aromatic heterocycles. The Morgan fingerprint density at radius 1 is 1.33 bits per heavy atom. The van der Waals surface area contributed by atoms with Gasteiger partial charge in [-0.2, -0.15) is 0 Å². The third kappa shape index (κ3) is 1.40. The monoisotopic (exact) mass is 163 g/mol. The number of anilines is 1. The number of hydrogen-bond donors (Lipinski definition) is 1. The minimum atomic E-state index is 0.665. The largest absolute Gasteiger partial charge is 0.367 e. The number of aryl methyl sites for hydroxylation is 1. The van der Waals surface area contributed by atoms with Crippen molar-refractivity contribution in [3.8, 4) is 0 Å². The predicted octanol–water partition coefficient (Wildman–Crippen LogP) is 1.67. The standard InChI is InChI=1S/C9H13N3/c1-6-7(2)10-5-11-9(6)12-8-3-4-8/h5,8H,3-4H2,1-2H3,(H,10,11,12). The highest BCUT2D eigenvalue weighted by molar-refractivity contribution is 5.46. The van der Waals surface area contributed by atoms with Crippen LogP contribution in [-0.4, -0.2) is 16.0 Å². The summed E-state index contributed by atoms with van der Waals surface area (Å²) < 4.78 is 0. The molecule has 0 bridgehead atoms. The molecule has 0 amide bonds. The second kappa shape index (κ2) is 2.73. The van der Waals surface area contributed by atoms with E-state index in [9.17, 15) is 0 Å². The van der Waals surface area contributed by atoms with Crippen molar-refractivity contribution in [1.82, 2.24) is 9.97 Å². The Bertz CT molecular complexity index is 292. The van der Waals surface area contributed by atoms with Gasteiger partial charge in [0.2, 0.25) is 0 Å². The van der Waals surface area contributed by atoms with Crippen molar-refractivity contribution in [3.63, 3.8) is 0 Å². The van der Waals surface area contributed by atoms with Crippen molar-refractivity contribution >= 4 is 5.82 Å². The predicted molar refractivity (Wildman–Crippen MR) is 48.2 cm³/mol. The molecule has 1 saturated carbocycles. The molecule has 1 aliphatic rings. The van der Waals surface area contributed by atoms with Crippen LogP contribution in [0.2, 0.25) is 0 Å². The molecule has 1 heterocycles. The van der Waals surface area contributed by atoms with E-state index >= 15 is 0 Å². The quantitative estimate of drug-likeness (QED) is 0.720. The molecule has 1 aromatic rings. The minimum Gasteiger partial charge on any atom is -0.367 e. The van der Waals surface area contributed by atoms with Crippen LogP contribution in [0.5, 0.6) is 0 Å². The summed E-state index contributed by atoms with van der Waals surface area (Å²) in [6.07, 6.45) is 4.18. The van der Waals surface area contributed by atoms with E-state index in [4.69, 9.17) is 0 Å². The van der Waals surface area contributed by atoms with E-state index in [0.717, 1.165) is 11.5 Å². The molecule has 64 valence electrons. The molecule has 1 aliphatic carbocycles. The van der Waals surface area contributed by atoms with E-state index in [1.807, 2.05) is 6.92 Å². The maximum atomic E-state index is 4.20. The summed E-state index contributed by atoms with van der Waals surface area (Å²) in [7, 11) is 0. The summed E-state index contributed by atoms with van der Waals surface area (Å²) in [6, 6.07) is 0.665. The Labute approximate surface area is 72.2 Å². The fourth-order valence-electron chi connectivity index (χ4n) is 1.10. The molecule has 0 atom stereocenters. The molecule has 1 N–H and O–H groups in total. The summed E-state index contributed by atoms with van der Waals surface area (Å²) in [4.78, 5) is 8.31. The molecule has 12 heavy (non-hydrogen) atoms. The van der Waals surface area contributed by atoms with Crippen molar-refractivity contribution < 1.29 is 0 Å². The van der Waals surface area contributed by atoms with Gasteiger partial charge in [-0.3, -0.25) is 0 Å². The van der Waals surface area contributed by atoms with Crippen molar-refractivity contribution in [2.24, 2.45) is 0 Å². The molecule has 1 fully saturated rings. The lowest BCUT2D eigenvalue weighted by Gasteiger charge is -2.07. The van der Waals surface area contributed by atoms with Crippen LogP contribution in [-0.2, 0) is 0 Å². The topological polar surface area (TPSA) is 37.8 Å². The van der Waals surface area contributed by atoms with Gasteiger partial charge in [0.15, 0.2) is 0 Å². The molecule has 0 saturated heterocycles. The van der Waals surface area contributed by atoms with E-state index in [0.29, 0.717) is 6.04 Å². The SMILES string of the molecule is Cc1ncnc(NC2CC2)c1C. The van der Waals surface area contributed by atoms with Crippen molar-refractivity contribution in [1.29, 1.82) is 0 Å². The van der Waals surface area contributed by atoms with E-state index in [-0.39, 0.29) is 0 Å². The summed E-state index contributed by atoms with van der Waals surface area (Å²) in [6.45, 7) is 4.06. The Morgan fingerprint density at radius 2 is 2.08 bits per heavy atom. The van der Waals surface area contributed by atoms with Crippen LogP contribution in [0.1, 0.15) is 24.1 Å². The highest BCUT2D eigenvalue weighted by atomic mass is 15.1. The van der Waals surface area contributed by atoms with Crippen LogP contribution in [0, 0.1) is 13.8 Å². The average molecular weight is 163 g/mol. The molecular weight excluding hydrogens is 150 g/mol. The maximum absolute atomic E-state index is 4.20. The zero-order chi connectivity index (χ0) is 8.55. The highest BCUT2D eigenvalue weighted by Crippen LogP contribution is 2.25. The second-order valence-electron chi connectivity index (χ2n) is 3.35. The van der Waals surface area contributed by atoms with Gasteiger partial charge in [-0.1, -0.05) is 0 Å². The molecule has 0 radical (unpaired) electrons. The zero-order valence-corrected chi connectivity index (χ0v) is 7.46. The second-order valence-corrected chi connectivity index (χ2v) is 3.35. The zero-order valence-electron chi connectivity index (χ0n) is 7.46.